The minimum Gasteiger partial charge on any atom is -0.389 e. The number of likely N-dealkylation sites (N-methyl/N-ethyl adjacent to an activating group) is 1. The first-order valence-corrected chi connectivity index (χ1v) is 6.11. The first kappa shape index (κ1) is 16.4. The maximum atomic E-state index is 12.1. The average Bonchev–Trinajstić information content (AvgIpc) is 2.37. The van der Waals surface area contributed by atoms with Gasteiger partial charge in [0.15, 0.2) is 0 Å². The molecule has 0 aliphatic heterocycles. The number of hydrogen-bond donors (Lipinski definition) is 1. The van der Waals surface area contributed by atoms with E-state index in [1.165, 1.54) is 31.2 Å². The van der Waals surface area contributed by atoms with Gasteiger partial charge in [-0.3, -0.25) is 14.9 Å². The summed E-state index contributed by atoms with van der Waals surface area (Å²) in [7, 11) is 2.94. The predicted octanol–water partition coefficient (Wildman–Crippen LogP) is 1.33. The third kappa shape index (κ3) is 4.16. The Labute approximate surface area is 120 Å². The molecule has 1 rings (SSSR count). The van der Waals surface area contributed by atoms with Crippen molar-refractivity contribution in [2.75, 3.05) is 27.3 Å². The number of benzene rings is 1. The molecular weight excluding hydrogens is 288 g/mol. The molecule has 0 aliphatic rings. The highest BCUT2D eigenvalue weighted by Gasteiger charge is 2.19. The molecule has 0 heterocycles. The first-order chi connectivity index (χ1) is 9.36. The Balaban J connectivity index is 2.84. The summed E-state index contributed by atoms with van der Waals surface area (Å²) in [5, 5.41) is 20.1. The lowest BCUT2D eigenvalue weighted by molar-refractivity contribution is -0.384. The van der Waals surface area contributed by atoms with Gasteiger partial charge in [-0.25, -0.2) is 0 Å². The predicted molar refractivity (Wildman–Crippen MR) is 72.9 cm³/mol. The van der Waals surface area contributed by atoms with E-state index in [-0.39, 0.29) is 29.4 Å². The Kier molecular flexibility index (Phi) is 5.87. The van der Waals surface area contributed by atoms with Crippen LogP contribution < -0.4 is 0 Å². The molecule has 1 amide bonds. The van der Waals surface area contributed by atoms with Gasteiger partial charge < -0.3 is 14.7 Å². The van der Waals surface area contributed by atoms with E-state index in [0.717, 1.165) is 6.07 Å². The van der Waals surface area contributed by atoms with Crippen LogP contribution >= 0.6 is 11.6 Å². The van der Waals surface area contributed by atoms with Crippen LogP contribution in [-0.2, 0) is 4.74 Å². The fourth-order valence-corrected chi connectivity index (χ4v) is 1.90. The second-order valence-electron chi connectivity index (χ2n) is 4.22. The van der Waals surface area contributed by atoms with Crippen LogP contribution in [0.15, 0.2) is 18.2 Å². The van der Waals surface area contributed by atoms with Crippen molar-refractivity contribution in [1.29, 1.82) is 0 Å². The van der Waals surface area contributed by atoms with Gasteiger partial charge in [-0.15, -0.1) is 0 Å². The maximum absolute atomic E-state index is 12.1. The smallest absolute Gasteiger partial charge is 0.270 e. The molecule has 0 radical (unpaired) electrons. The van der Waals surface area contributed by atoms with Crippen molar-refractivity contribution in [1.82, 2.24) is 4.90 Å². The van der Waals surface area contributed by atoms with E-state index in [4.69, 9.17) is 16.3 Å². The molecule has 0 aromatic heterocycles. The number of rotatable bonds is 6. The number of aliphatic hydroxyl groups excluding tert-OH is 1. The van der Waals surface area contributed by atoms with Crippen molar-refractivity contribution < 1.29 is 19.6 Å². The number of halogens is 1. The number of carbonyl (C=O) groups is 1. The van der Waals surface area contributed by atoms with E-state index >= 15 is 0 Å². The van der Waals surface area contributed by atoms with Crippen molar-refractivity contribution in [3.05, 3.63) is 38.9 Å². The summed E-state index contributed by atoms with van der Waals surface area (Å²) in [4.78, 5) is 23.4. The van der Waals surface area contributed by atoms with Crippen molar-refractivity contribution >= 4 is 23.2 Å². The summed E-state index contributed by atoms with van der Waals surface area (Å²) < 4.78 is 4.77. The Bertz CT molecular complexity index is 509. The van der Waals surface area contributed by atoms with Crippen molar-refractivity contribution in [3.63, 3.8) is 0 Å². The number of ether oxygens (including phenoxy) is 1. The molecule has 1 atom stereocenters. The summed E-state index contributed by atoms with van der Waals surface area (Å²) in [6.07, 6.45) is -0.814. The zero-order chi connectivity index (χ0) is 15.3. The quantitative estimate of drug-likeness (QED) is 0.632. The lowest BCUT2D eigenvalue weighted by atomic mass is 10.1. The molecule has 0 spiro atoms. The molecule has 1 unspecified atom stereocenters. The first-order valence-electron chi connectivity index (χ1n) is 5.73. The van der Waals surface area contributed by atoms with E-state index in [1.54, 1.807) is 0 Å². The van der Waals surface area contributed by atoms with E-state index in [2.05, 4.69) is 0 Å². The fraction of sp³-hybridized carbons (Fsp3) is 0.417. The molecular formula is C12H15ClN2O5. The summed E-state index contributed by atoms with van der Waals surface area (Å²) in [6, 6.07) is 3.62. The van der Waals surface area contributed by atoms with Crippen LogP contribution in [-0.4, -0.2) is 54.3 Å². The van der Waals surface area contributed by atoms with Gasteiger partial charge in [0.05, 0.1) is 28.2 Å². The number of methoxy groups -OCH3 is 1. The monoisotopic (exact) mass is 302 g/mol. The summed E-state index contributed by atoms with van der Waals surface area (Å²) in [5.41, 5.74) is -0.0435. The number of amides is 1. The van der Waals surface area contributed by atoms with Gasteiger partial charge in [-0.05, 0) is 6.07 Å². The number of carbonyl (C=O) groups excluding carboxylic acids is 1. The normalized spacial score (nSPS) is 12.0. The summed E-state index contributed by atoms with van der Waals surface area (Å²) in [6.45, 7) is 0.172. The van der Waals surface area contributed by atoms with Crippen LogP contribution in [0.1, 0.15) is 10.4 Å². The highest BCUT2D eigenvalue weighted by molar-refractivity contribution is 6.34. The summed E-state index contributed by atoms with van der Waals surface area (Å²) >= 11 is 5.87. The van der Waals surface area contributed by atoms with E-state index in [9.17, 15) is 20.0 Å². The molecule has 0 aliphatic carbocycles. The standard InChI is InChI=1S/C12H15ClN2O5/c1-14(6-9(16)7-20-2)12(17)10-4-3-8(15(18)19)5-11(10)13/h3-5,9,16H,6-7H2,1-2H3. The maximum Gasteiger partial charge on any atom is 0.270 e. The van der Waals surface area contributed by atoms with Crippen molar-refractivity contribution in [2.45, 2.75) is 6.10 Å². The topological polar surface area (TPSA) is 92.9 Å². The van der Waals surface area contributed by atoms with Gasteiger partial charge in [-0.2, -0.15) is 0 Å². The lowest BCUT2D eigenvalue weighted by Crippen LogP contribution is -2.36. The third-order valence-corrected chi connectivity index (χ3v) is 2.90. The Morgan fingerprint density at radius 2 is 2.25 bits per heavy atom. The van der Waals surface area contributed by atoms with Gasteiger partial charge >= 0.3 is 0 Å². The molecule has 0 fully saturated rings. The van der Waals surface area contributed by atoms with Gasteiger partial charge in [0, 0.05) is 32.8 Å². The average molecular weight is 303 g/mol. The Morgan fingerprint density at radius 3 is 2.75 bits per heavy atom. The van der Waals surface area contributed by atoms with Crippen LogP contribution in [0.25, 0.3) is 0 Å². The van der Waals surface area contributed by atoms with Gasteiger partial charge in [0.25, 0.3) is 11.6 Å². The Hall–Kier alpha value is -1.70. The zero-order valence-electron chi connectivity index (χ0n) is 11.1. The van der Waals surface area contributed by atoms with Crippen LogP contribution in [0.5, 0.6) is 0 Å². The molecule has 1 N–H and O–H groups in total. The molecule has 8 heteroatoms. The molecule has 0 saturated heterocycles. The van der Waals surface area contributed by atoms with Crippen LogP contribution in [0.2, 0.25) is 5.02 Å². The molecule has 110 valence electrons. The van der Waals surface area contributed by atoms with Crippen LogP contribution in [0, 0.1) is 10.1 Å². The van der Waals surface area contributed by atoms with Gasteiger partial charge in [-0.1, -0.05) is 11.6 Å². The molecule has 1 aromatic rings. The number of aliphatic hydroxyl groups is 1. The molecule has 0 bridgehead atoms. The van der Waals surface area contributed by atoms with Crippen molar-refractivity contribution in [2.24, 2.45) is 0 Å². The minimum absolute atomic E-state index is 0.00252. The number of non-ortho nitro benzene ring substituents is 1. The second-order valence-corrected chi connectivity index (χ2v) is 4.62. The third-order valence-electron chi connectivity index (χ3n) is 2.58. The fourth-order valence-electron chi connectivity index (χ4n) is 1.64. The largest absolute Gasteiger partial charge is 0.389 e. The van der Waals surface area contributed by atoms with E-state index < -0.39 is 16.9 Å². The van der Waals surface area contributed by atoms with Crippen LogP contribution in [0.3, 0.4) is 0 Å². The Morgan fingerprint density at radius 1 is 1.60 bits per heavy atom. The highest BCUT2D eigenvalue weighted by atomic mass is 35.5. The van der Waals surface area contributed by atoms with Crippen molar-refractivity contribution in [3.8, 4) is 0 Å². The molecule has 0 saturated carbocycles. The van der Waals surface area contributed by atoms with E-state index in [0.29, 0.717) is 0 Å². The second kappa shape index (κ2) is 7.18. The molecule has 20 heavy (non-hydrogen) atoms. The molecule has 1 aromatic carbocycles. The van der Waals surface area contributed by atoms with E-state index in [1.807, 2.05) is 0 Å². The van der Waals surface area contributed by atoms with Crippen LogP contribution in [0.4, 0.5) is 5.69 Å². The van der Waals surface area contributed by atoms with Gasteiger partial charge in [0.1, 0.15) is 0 Å². The number of nitro groups is 1. The lowest BCUT2D eigenvalue weighted by Gasteiger charge is -2.20. The molecule has 7 nitrogen and oxygen atoms in total. The SMILES string of the molecule is COCC(O)CN(C)C(=O)c1ccc([N+](=O)[O-])cc1Cl. The summed E-state index contributed by atoms with van der Waals surface area (Å²) in [5.74, 6) is -0.431. The zero-order valence-corrected chi connectivity index (χ0v) is 11.8. The number of hydrogen-bond acceptors (Lipinski definition) is 5. The minimum atomic E-state index is -0.814. The number of nitro benzene ring substituents is 1. The number of nitrogens with zero attached hydrogens (tertiary/aromatic N) is 2. The van der Waals surface area contributed by atoms with Gasteiger partial charge in [0.2, 0.25) is 0 Å². The highest BCUT2D eigenvalue weighted by Crippen LogP contribution is 2.23.